The number of aryl methyl sites for hydroxylation is 3. The summed E-state index contributed by atoms with van der Waals surface area (Å²) in [5, 5.41) is 0.497. The summed E-state index contributed by atoms with van der Waals surface area (Å²) in [6.45, 7) is 5.58. The van der Waals surface area contributed by atoms with E-state index in [1.54, 1.807) is 72.8 Å². The summed E-state index contributed by atoms with van der Waals surface area (Å²) in [5.74, 6) is -1.00. The molecule has 2 aliphatic rings. The summed E-state index contributed by atoms with van der Waals surface area (Å²) in [5.41, 5.74) is 4.26. The van der Waals surface area contributed by atoms with Gasteiger partial charge in [0, 0.05) is 29.9 Å². The molecule has 4 aromatic rings. The number of ketones is 1. The van der Waals surface area contributed by atoms with Crippen LogP contribution < -0.4 is 0 Å². The molecule has 234 valence electrons. The fourth-order valence-electron chi connectivity index (χ4n) is 6.54. The number of halogens is 1. The van der Waals surface area contributed by atoms with Gasteiger partial charge in [-0.2, -0.15) is 8.61 Å². The molecule has 4 atom stereocenters. The van der Waals surface area contributed by atoms with Gasteiger partial charge in [-0.25, -0.2) is 16.8 Å². The van der Waals surface area contributed by atoms with Gasteiger partial charge in [-0.3, -0.25) is 4.79 Å². The third-order valence-corrected chi connectivity index (χ3v) is 13.1. The van der Waals surface area contributed by atoms with E-state index in [2.05, 4.69) is 0 Å². The highest BCUT2D eigenvalue weighted by Gasteiger charge is 2.54. The van der Waals surface area contributed by atoms with Gasteiger partial charge in [0.15, 0.2) is 0 Å². The molecule has 2 aliphatic heterocycles. The van der Waals surface area contributed by atoms with Crippen molar-refractivity contribution in [3.63, 3.8) is 0 Å². The van der Waals surface area contributed by atoms with Crippen LogP contribution in [0.25, 0.3) is 0 Å². The first-order chi connectivity index (χ1) is 21.4. The average Bonchev–Trinajstić information content (AvgIpc) is 3.01. The molecule has 0 aliphatic carbocycles. The van der Waals surface area contributed by atoms with E-state index in [9.17, 15) is 21.6 Å². The van der Waals surface area contributed by atoms with Crippen molar-refractivity contribution in [2.24, 2.45) is 5.92 Å². The van der Waals surface area contributed by atoms with Crippen LogP contribution in [-0.4, -0.2) is 43.8 Å². The minimum Gasteiger partial charge on any atom is -0.299 e. The van der Waals surface area contributed by atoms with Gasteiger partial charge < -0.3 is 0 Å². The molecule has 0 amide bonds. The molecule has 0 spiro atoms. The van der Waals surface area contributed by atoms with E-state index in [-0.39, 0.29) is 35.0 Å². The largest absolute Gasteiger partial charge is 0.299 e. The Balaban J connectivity index is 1.51. The highest BCUT2D eigenvalue weighted by atomic mass is 35.5. The van der Waals surface area contributed by atoms with Crippen molar-refractivity contribution >= 4 is 37.4 Å². The molecular weight excluding hydrogens is 628 g/mol. The van der Waals surface area contributed by atoms with Crippen LogP contribution in [0.2, 0.25) is 5.02 Å². The van der Waals surface area contributed by atoms with Gasteiger partial charge in [0.25, 0.3) is 0 Å². The molecule has 2 saturated heterocycles. The Kier molecular flexibility index (Phi) is 8.52. The molecule has 10 heteroatoms. The maximum atomic E-state index is 14.6. The van der Waals surface area contributed by atoms with Crippen molar-refractivity contribution < 1.29 is 21.6 Å². The third-order valence-electron chi connectivity index (χ3n) is 9.04. The number of hydrogen-bond acceptors (Lipinski definition) is 5. The monoisotopic (exact) mass is 662 g/mol. The SMILES string of the molecule is Cc1ccc([C@@H]2CC(=O)[C@@H]3CN(S(=O)(=O)c4ccc(C)cc4)C(c4ccc(Cl)cc4)C[C@@H]3N2S(=O)(=O)c2ccc(C)cc2)cc1. The Hall–Kier alpha value is -3.34. The fourth-order valence-corrected chi connectivity index (χ4v) is 10.2. The summed E-state index contributed by atoms with van der Waals surface area (Å²) < 4.78 is 60.5. The zero-order valence-electron chi connectivity index (χ0n) is 25.3. The van der Waals surface area contributed by atoms with Crippen molar-refractivity contribution in [2.75, 3.05) is 6.54 Å². The van der Waals surface area contributed by atoms with Gasteiger partial charge in [-0.05, 0) is 74.7 Å². The molecule has 0 N–H and O–H groups in total. The molecule has 7 nitrogen and oxygen atoms in total. The number of piperidine rings is 2. The maximum Gasteiger partial charge on any atom is 0.243 e. The molecule has 4 aromatic carbocycles. The number of rotatable bonds is 6. The second kappa shape index (κ2) is 12.1. The van der Waals surface area contributed by atoms with Crippen LogP contribution >= 0.6 is 11.6 Å². The number of sulfonamides is 2. The quantitative estimate of drug-likeness (QED) is 0.227. The Bertz CT molecular complexity index is 1930. The normalized spacial score (nSPS) is 23.1. The highest BCUT2D eigenvalue weighted by Crippen LogP contribution is 2.48. The second-order valence-corrected chi connectivity index (χ2v) is 16.3. The molecule has 1 unspecified atom stereocenters. The molecule has 0 radical (unpaired) electrons. The van der Waals surface area contributed by atoms with Crippen LogP contribution in [0.4, 0.5) is 0 Å². The minimum absolute atomic E-state index is 0.0562. The molecule has 0 saturated carbocycles. The van der Waals surface area contributed by atoms with Crippen molar-refractivity contribution in [3.8, 4) is 0 Å². The lowest BCUT2D eigenvalue weighted by Crippen LogP contribution is -2.60. The second-order valence-electron chi connectivity index (χ2n) is 12.1. The van der Waals surface area contributed by atoms with Crippen molar-refractivity contribution in [1.82, 2.24) is 8.61 Å². The summed E-state index contributed by atoms with van der Waals surface area (Å²) in [6.07, 6.45) is 0.0376. The van der Waals surface area contributed by atoms with Crippen LogP contribution in [0, 0.1) is 26.7 Å². The van der Waals surface area contributed by atoms with Gasteiger partial charge in [0.1, 0.15) is 5.78 Å². The molecule has 6 rings (SSSR count). The van der Waals surface area contributed by atoms with Crippen LogP contribution in [0.3, 0.4) is 0 Å². The van der Waals surface area contributed by atoms with E-state index < -0.39 is 44.1 Å². The maximum absolute atomic E-state index is 14.6. The first kappa shape index (κ1) is 31.6. The van der Waals surface area contributed by atoms with Crippen molar-refractivity contribution in [3.05, 3.63) is 130 Å². The molecule has 2 fully saturated rings. The van der Waals surface area contributed by atoms with Gasteiger partial charge >= 0.3 is 0 Å². The molecule has 45 heavy (non-hydrogen) atoms. The number of fused-ring (bicyclic) bond motifs is 1. The Morgan fingerprint density at radius 3 is 1.60 bits per heavy atom. The van der Waals surface area contributed by atoms with Gasteiger partial charge in [-0.15, -0.1) is 0 Å². The standard InChI is InChI=1S/C35H35ClN2O5S2/c1-23-4-10-27(11-5-23)33-21-35(39)31-22-37(44(40,41)29-16-6-24(2)7-17-29)32(26-12-14-28(36)15-13-26)20-34(31)38(33)45(42,43)30-18-8-25(3)9-19-30/h4-19,31-34H,20-22H2,1-3H3/t31-,32?,33+,34+/m1/s1. The highest BCUT2D eigenvalue weighted by molar-refractivity contribution is 7.89. The first-order valence-corrected chi connectivity index (χ1v) is 18.2. The average molecular weight is 663 g/mol. The van der Waals surface area contributed by atoms with Crippen molar-refractivity contribution in [2.45, 2.75) is 61.5 Å². The summed E-state index contributed by atoms with van der Waals surface area (Å²) >= 11 is 6.21. The van der Waals surface area contributed by atoms with Crippen LogP contribution in [0.5, 0.6) is 0 Å². The number of benzene rings is 4. The molecule has 2 heterocycles. The molecular formula is C35H35ClN2O5S2. The first-order valence-electron chi connectivity index (χ1n) is 14.9. The topological polar surface area (TPSA) is 91.8 Å². The van der Waals surface area contributed by atoms with E-state index in [4.69, 9.17) is 11.6 Å². The van der Waals surface area contributed by atoms with Gasteiger partial charge in [0.05, 0.1) is 21.9 Å². The zero-order chi connectivity index (χ0) is 32.1. The third kappa shape index (κ3) is 6.00. The van der Waals surface area contributed by atoms with E-state index >= 15 is 0 Å². The molecule has 0 bridgehead atoms. The molecule has 0 aromatic heterocycles. The van der Waals surface area contributed by atoms with Gasteiger partial charge in [0.2, 0.25) is 20.0 Å². The van der Waals surface area contributed by atoms with Crippen LogP contribution in [-0.2, 0) is 24.8 Å². The number of carbonyl (C=O) groups excluding carboxylic acids is 1. The van der Waals surface area contributed by atoms with E-state index in [0.29, 0.717) is 10.6 Å². The van der Waals surface area contributed by atoms with Crippen LogP contribution in [0.1, 0.15) is 52.7 Å². The Labute approximate surface area is 270 Å². The summed E-state index contributed by atoms with van der Waals surface area (Å²) in [6, 6.07) is 25.6. The number of carbonyl (C=O) groups is 1. The lowest BCUT2D eigenvalue weighted by Gasteiger charge is -2.51. The Morgan fingerprint density at radius 1 is 0.622 bits per heavy atom. The van der Waals surface area contributed by atoms with E-state index in [1.165, 1.54) is 8.61 Å². The predicted molar refractivity (Wildman–Crippen MR) is 175 cm³/mol. The smallest absolute Gasteiger partial charge is 0.243 e. The van der Waals surface area contributed by atoms with Gasteiger partial charge in [-0.1, -0.05) is 89.0 Å². The fraction of sp³-hybridized carbons (Fsp3) is 0.286. The number of nitrogens with zero attached hydrogens (tertiary/aromatic N) is 2. The lowest BCUT2D eigenvalue weighted by atomic mass is 9.77. The Morgan fingerprint density at radius 2 is 1.07 bits per heavy atom. The zero-order valence-corrected chi connectivity index (χ0v) is 27.7. The summed E-state index contributed by atoms with van der Waals surface area (Å²) in [7, 11) is -8.17. The van der Waals surface area contributed by atoms with Crippen LogP contribution in [0.15, 0.2) is 107 Å². The number of hydrogen-bond donors (Lipinski definition) is 0. The minimum atomic E-state index is -4.11. The van der Waals surface area contributed by atoms with E-state index in [1.807, 2.05) is 45.0 Å². The van der Waals surface area contributed by atoms with Crippen molar-refractivity contribution in [1.29, 1.82) is 0 Å². The number of Topliss-reactive ketones (excluding diaryl/α,β-unsaturated/α-hetero) is 1. The summed E-state index contributed by atoms with van der Waals surface area (Å²) in [4.78, 5) is 14.3. The predicted octanol–water partition coefficient (Wildman–Crippen LogP) is 6.79. The van der Waals surface area contributed by atoms with E-state index in [0.717, 1.165) is 22.3 Å². The lowest BCUT2D eigenvalue weighted by molar-refractivity contribution is -0.132.